The molecule has 8 aromatic carbocycles. The van der Waals surface area contributed by atoms with Crippen LogP contribution < -0.4 is 18.9 Å². The number of likely N-dealkylation sites (N-methyl/N-ethyl adjacent to an activating group) is 2. The highest BCUT2D eigenvalue weighted by molar-refractivity contribution is 9.11. The highest BCUT2D eigenvalue weighted by atomic mass is 79.9. The van der Waals surface area contributed by atoms with Crippen LogP contribution in [0.1, 0.15) is 187 Å². The van der Waals surface area contributed by atoms with Crippen LogP contribution in [0.2, 0.25) is 0 Å². The highest BCUT2D eigenvalue weighted by Crippen LogP contribution is 2.46. The molecule has 120 heavy (non-hydrogen) atoms. The van der Waals surface area contributed by atoms with Gasteiger partial charge in [0.1, 0.15) is 23.0 Å². The van der Waals surface area contributed by atoms with Crippen molar-refractivity contribution >= 4 is 107 Å². The second-order valence-corrected chi connectivity index (χ2v) is 37.4. The summed E-state index contributed by atoms with van der Waals surface area (Å²) in [6.07, 6.45) is 26.1. The van der Waals surface area contributed by atoms with E-state index >= 15 is 0 Å². The van der Waals surface area contributed by atoms with Gasteiger partial charge in [-0.25, -0.2) is 0 Å². The fraction of sp³-hybridized carbons (Fsp3) is 0.420. The standard InChI is InChI=1S/C26H32BrN3O.C26H31BrN2O.C25H31BrN2O2.C23H23BrN4O/c1-29-13-15-30(16-14-29)12-3-17-31-21-9-6-19(7-10-21)22-4-2-5-23-24-18-20(27)8-11-25(24)28-26(22)23;27-20-10-13-25-24(18-20)23-7-4-6-22(26(23)28-25)19-8-11-21(12-9-19)30-17-5-16-29-14-2-1-3-15-29;1-28(14-16-29-2)13-4-15-30-20-10-7-18(8-11-20)21-5-3-6-22-23-17-19(26)9-12-24(23)27-25(21)22;24-17-7-10-22-21(15-17)20-4-1-3-19(23(20)26-22)16-5-8-18(9-6-16)29-14-2-12-28-13-11-25-27-28/h6-11,18,22,28H,2-5,12-17H2,1H3;8-13,18,22,28H,1-7,14-17H2;7-12,17,21,27H,3-6,13-16H2,1-2H3;5-11,13,15,19,26H,1-4,12,14H2. The number of likely N-dealkylation sites (tertiary alicyclic amines) is 1. The zero-order valence-electron chi connectivity index (χ0n) is 70.1. The predicted octanol–water partition coefficient (Wildman–Crippen LogP) is 23.3. The van der Waals surface area contributed by atoms with Gasteiger partial charge in [-0.2, -0.15) is 0 Å². The first-order valence-corrected chi connectivity index (χ1v) is 47.3. The first-order chi connectivity index (χ1) is 58.9. The highest BCUT2D eigenvalue weighted by Gasteiger charge is 2.31. The molecule has 2 fully saturated rings. The maximum atomic E-state index is 6.04. The Morgan fingerprint density at radius 1 is 0.375 bits per heavy atom. The summed E-state index contributed by atoms with van der Waals surface area (Å²) in [5, 5.41) is 13.2. The van der Waals surface area contributed by atoms with Crippen LogP contribution in [0.25, 0.3) is 43.6 Å². The lowest BCUT2D eigenvalue weighted by Gasteiger charge is -2.32. The Labute approximate surface area is 742 Å². The van der Waals surface area contributed by atoms with Gasteiger partial charge in [-0.15, -0.1) is 5.10 Å². The molecule has 0 bridgehead atoms. The molecule has 13 aromatic rings. The van der Waals surface area contributed by atoms with Gasteiger partial charge in [0.15, 0.2) is 0 Å². The molecule has 5 aromatic heterocycles. The molecular formula is C100H117Br4N11O5. The minimum absolute atomic E-state index is 0.422. The van der Waals surface area contributed by atoms with Crippen LogP contribution >= 0.6 is 63.7 Å². The summed E-state index contributed by atoms with van der Waals surface area (Å²) in [5.41, 5.74) is 22.0. The number of methoxy groups -OCH3 is 1. The number of benzene rings is 8. The maximum Gasteiger partial charge on any atom is 0.119 e. The molecule has 19 rings (SSSR count). The van der Waals surface area contributed by atoms with Gasteiger partial charge in [-0.3, -0.25) is 4.68 Å². The van der Waals surface area contributed by atoms with Crippen molar-refractivity contribution < 1.29 is 23.7 Å². The van der Waals surface area contributed by atoms with Crippen LogP contribution in [0.3, 0.4) is 0 Å². The largest absolute Gasteiger partial charge is 0.494 e. The zero-order chi connectivity index (χ0) is 82.1. The number of rotatable bonds is 27. The molecule has 0 radical (unpaired) electrons. The molecule has 16 nitrogen and oxygen atoms in total. The average Bonchev–Trinajstić information content (AvgIpc) is 1.63. The second kappa shape index (κ2) is 41.9. The molecule has 630 valence electrons. The lowest BCUT2D eigenvalue weighted by Crippen LogP contribution is -2.44. The summed E-state index contributed by atoms with van der Waals surface area (Å²) in [6.45, 7) is 16.1. The van der Waals surface area contributed by atoms with Gasteiger partial charge in [0.05, 0.1) is 39.2 Å². The number of aromatic amines is 4. The van der Waals surface area contributed by atoms with Crippen molar-refractivity contribution in [1.82, 2.24) is 54.5 Å². The van der Waals surface area contributed by atoms with Gasteiger partial charge < -0.3 is 63.2 Å². The molecule has 0 saturated carbocycles. The van der Waals surface area contributed by atoms with Gasteiger partial charge >= 0.3 is 0 Å². The number of nitrogens with one attached hydrogen (secondary N) is 4. The van der Waals surface area contributed by atoms with E-state index in [2.05, 4.69) is 298 Å². The normalized spacial score (nSPS) is 18.1. The fourth-order valence-electron chi connectivity index (χ4n) is 19.1. The Bertz CT molecular complexity index is 5420. The molecule has 0 spiro atoms. The van der Waals surface area contributed by atoms with Crippen molar-refractivity contribution in [3.05, 3.63) is 267 Å². The first kappa shape index (κ1) is 85.5. The SMILES string of the molecule is Brc1ccc2[nH]c3c(c2c1)CCCC3c1ccc(OCCCN2CCCCC2)cc1.Brc1ccc2[nH]c3c(c2c1)CCCC3c1ccc(OCCCn2ccnn2)cc1.CN1CCN(CCCOc2ccc(C3CCCc4c3[nH]c3ccc(Br)cc43)cc2)CC1.COCCN(C)CCCOc1ccc(C2CCCc3c2[nH]c2ccc(Br)cc32)cc1. The van der Waals surface area contributed by atoms with E-state index < -0.39 is 0 Å². The molecule has 4 aliphatic carbocycles. The number of piperidine rings is 1. The van der Waals surface area contributed by atoms with Gasteiger partial charge in [-0.1, -0.05) is 124 Å². The van der Waals surface area contributed by atoms with E-state index in [1.54, 1.807) is 13.3 Å². The number of H-pyrrole nitrogens is 4. The van der Waals surface area contributed by atoms with Crippen molar-refractivity contribution in [2.75, 3.05) is 120 Å². The smallest absolute Gasteiger partial charge is 0.119 e. The molecule has 0 amide bonds. The summed E-state index contributed by atoms with van der Waals surface area (Å²) in [5.74, 6) is 5.61. The molecule has 2 aliphatic heterocycles. The molecule has 4 unspecified atom stereocenters. The van der Waals surface area contributed by atoms with Crippen LogP contribution in [0.5, 0.6) is 23.0 Å². The number of hydrogen-bond acceptors (Lipinski definition) is 11. The predicted molar refractivity (Wildman–Crippen MR) is 503 cm³/mol. The third kappa shape index (κ3) is 21.8. The monoisotopic (exact) mass is 1870 g/mol. The minimum Gasteiger partial charge on any atom is -0.494 e. The van der Waals surface area contributed by atoms with Gasteiger partial charge in [0.2, 0.25) is 0 Å². The van der Waals surface area contributed by atoms with E-state index in [-0.39, 0.29) is 0 Å². The first-order valence-electron chi connectivity index (χ1n) is 44.1. The quantitative estimate of drug-likeness (QED) is 0.0364. The summed E-state index contributed by atoms with van der Waals surface area (Å²) in [7, 11) is 6.07. The minimum atomic E-state index is 0.422. The Morgan fingerprint density at radius 3 is 1.04 bits per heavy atom. The molecular weight excluding hydrogens is 1750 g/mol. The van der Waals surface area contributed by atoms with E-state index in [4.69, 9.17) is 23.7 Å². The molecule has 7 heterocycles. The van der Waals surface area contributed by atoms with E-state index in [0.717, 1.165) is 138 Å². The van der Waals surface area contributed by atoms with Crippen LogP contribution in [0.4, 0.5) is 0 Å². The number of ether oxygens (including phenoxy) is 5. The summed E-state index contributed by atoms with van der Waals surface area (Å²) >= 11 is 14.5. The third-order valence-electron chi connectivity index (χ3n) is 25.5. The van der Waals surface area contributed by atoms with Crippen molar-refractivity contribution in [2.45, 2.75) is 152 Å². The lowest BCUT2D eigenvalue weighted by atomic mass is 9.82. The van der Waals surface area contributed by atoms with E-state index in [9.17, 15) is 0 Å². The van der Waals surface area contributed by atoms with Gasteiger partial charge in [-0.05, 0) is 302 Å². The Kier molecular flexibility index (Phi) is 29.9. The summed E-state index contributed by atoms with van der Waals surface area (Å²) < 4.78 is 35.5. The van der Waals surface area contributed by atoms with Crippen molar-refractivity contribution in [3.63, 3.8) is 0 Å². The topological polar surface area (TPSA) is 153 Å². The zero-order valence-corrected chi connectivity index (χ0v) is 76.4. The molecule has 2 saturated heterocycles. The second-order valence-electron chi connectivity index (χ2n) is 33.7. The van der Waals surface area contributed by atoms with Gasteiger partial charge in [0, 0.05) is 187 Å². The van der Waals surface area contributed by atoms with E-state index in [0.29, 0.717) is 30.3 Å². The van der Waals surface area contributed by atoms with Crippen molar-refractivity contribution in [3.8, 4) is 23.0 Å². The van der Waals surface area contributed by atoms with Crippen molar-refractivity contribution in [1.29, 1.82) is 0 Å². The number of fused-ring (bicyclic) bond motifs is 12. The van der Waals surface area contributed by atoms with Crippen molar-refractivity contribution in [2.24, 2.45) is 0 Å². The third-order valence-corrected chi connectivity index (χ3v) is 27.5. The molecule has 6 aliphatic rings. The van der Waals surface area contributed by atoms with Crippen LogP contribution in [-0.2, 0) is 37.0 Å². The summed E-state index contributed by atoms with van der Waals surface area (Å²) in [6, 6.07) is 61.2. The van der Waals surface area contributed by atoms with Crippen LogP contribution in [0.15, 0.2) is 200 Å². The average molecular weight is 1870 g/mol. The number of halogens is 4. The molecule has 20 heteroatoms. The van der Waals surface area contributed by atoms with E-state index in [1.807, 2.05) is 10.9 Å². The Morgan fingerprint density at radius 2 is 0.708 bits per heavy atom. The lowest BCUT2D eigenvalue weighted by molar-refractivity contribution is 0.145. The van der Waals surface area contributed by atoms with E-state index in [1.165, 1.54) is 234 Å². The summed E-state index contributed by atoms with van der Waals surface area (Å²) in [4.78, 5) is 24.7. The number of piperazine rings is 1. The number of aryl methyl sites for hydroxylation is 5. The number of nitrogens with zero attached hydrogens (tertiary/aromatic N) is 7. The maximum absolute atomic E-state index is 6.04. The van der Waals surface area contributed by atoms with Crippen LogP contribution in [0, 0.1) is 0 Å². The Hall–Kier alpha value is -8.02. The van der Waals surface area contributed by atoms with Gasteiger partial charge in [0.25, 0.3) is 0 Å². The van der Waals surface area contributed by atoms with Crippen LogP contribution in [-0.4, -0.2) is 174 Å². The number of aromatic nitrogens is 7. The fourth-order valence-corrected chi connectivity index (χ4v) is 20.6. The Balaban J connectivity index is 0.000000119. The molecule has 4 atom stereocenters. The number of hydrogen-bond donors (Lipinski definition) is 4. The molecule has 4 N–H and O–H groups in total.